The molecular weight excluding hydrogens is 502 g/mol. The third kappa shape index (κ3) is 4.55. The smallest absolute Gasteiger partial charge is 0.356 e. The summed E-state index contributed by atoms with van der Waals surface area (Å²) < 4.78 is 92.2. The monoisotopic (exact) mass is 530 g/mol. The number of hydrogen-bond donors (Lipinski definition) is 1. The molecule has 11 heteroatoms. The highest BCUT2D eigenvalue weighted by Gasteiger charge is 2.64. The number of benzene rings is 1. The van der Waals surface area contributed by atoms with E-state index in [1.165, 1.54) is 18.2 Å². The minimum Gasteiger partial charge on any atom is -0.356 e. The number of carbonyl (C=O) groups excluding carboxylic acids is 2. The molecule has 3 aliphatic rings. The molecule has 1 spiro atoms. The average molecular weight is 531 g/mol. The van der Waals surface area contributed by atoms with E-state index in [2.05, 4.69) is 5.32 Å². The second-order valence-corrected chi connectivity index (χ2v) is 10.2. The number of methoxy groups -OCH3 is 1. The van der Waals surface area contributed by atoms with E-state index in [-0.39, 0.29) is 55.9 Å². The number of ether oxygens (including phenoxy) is 1. The van der Waals surface area contributed by atoms with Gasteiger partial charge in [0.25, 0.3) is 11.5 Å². The number of nitrogens with zero attached hydrogens (tertiary/aromatic N) is 1. The Morgan fingerprint density at radius 1 is 1.11 bits per heavy atom. The van der Waals surface area contributed by atoms with Crippen LogP contribution < -0.4 is 5.32 Å². The van der Waals surface area contributed by atoms with Crippen molar-refractivity contribution in [1.82, 2.24) is 10.2 Å². The van der Waals surface area contributed by atoms with Gasteiger partial charge in [-0.1, -0.05) is 30.3 Å². The molecule has 2 heterocycles. The van der Waals surface area contributed by atoms with E-state index in [1.54, 1.807) is 0 Å². The number of halogens is 6. The summed E-state index contributed by atoms with van der Waals surface area (Å²) in [6.07, 6.45) is -4.90. The number of rotatable bonds is 4. The van der Waals surface area contributed by atoms with E-state index in [1.807, 2.05) is 0 Å². The number of hydrogen-bond acceptors (Lipinski definition) is 3. The molecule has 2 unspecified atom stereocenters. The quantitative estimate of drug-likeness (QED) is 0.555. The maximum Gasteiger partial charge on any atom is 0.430 e. The van der Waals surface area contributed by atoms with Crippen molar-refractivity contribution < 1.29 is 40.7 Å². The van der Waals surface area contributed by atoms with Crippen molar-refractivity contribution in [2.24, 2.45) is 11.3 Å². The zero-order chi connectivity index (χ0) is 27.2. The van der Waals surface area contributed by atoms with Crippen molar-refractivity contribution in [3.8, 4) is 0 Å². The molecule has 0 aromatic heterocycles. The van der Waals surface area contributed by atoms with Gasteiger partial charge in [0.1, 0.15) is 11.7 Å². The first-order valence-electron chi connectivity index (χ1n) is 12.0. The number of carbonyl (C=O) groups is 2. The van der Waals surface area contributed by atoms with Crippen LogP contribution in [0.4, 0.5) is 26.3 Å². The van der Waals surface area contributed by atoms with Crippen LogP contribution in [0.3, 0.4) is 0 Å². The summed E-state index contributed by atoms with van der Waals surface area (Å²) in [5, 5.41) is 2.61. The first-order chi connectivity index (χ1) is 17.3. The molecule has 3 atom stereocenters. The van der Waals surface area contributed by atoms with E-state index in [0.29, 0.717) is 0 Å². The van der Waals surface area contributed by atoms with Crippen molar-refractivity contribution in [3.63, 3.8) is 0 Å². The molecule has 0 saturated carbocycles. The van der Waals surface area contributed by atoms with E-state index in [9.17, 15) is 31.5 Å². The zero-order valence-corrected chi connectivity index (χ0v) is 20.4. The van der Waals surface area contributed by atoms with Crippen LogP contribution in [0, 0.1) is 11.3 Å². The topological polar surface area (TPSA) is 58.6 Å². The van der Waals surface area contributed by atoms with Crippen molar-refractivity contribution in [3.05, 3.63) is 59.2 Å². The molecule has 2 amide bonds. The number of amides is 2. The maximum absolute atomic E-state index is 15.1. The first kappa shape index (κ1) is 27.2. The predicted octanol–water partition coefficient (Wildman–Crippen LogP) is 5.04. The summed E-state index contributed by atoms with van der Waals surface area (Å²) in [7, 11) is 0.818. The lowest BCUT2D eigenvalue weighted by Gasteiger charge is -2.50. The molecule has 1 N–H and O–H groups in total. The zero-order valence-electron chi connectivity index (χ0n) is 20.4. The minimum atomic E-state index is -5.08. The van der Waals surface area contributed by atoms with Crippen LogP contribution in [-0.4, -0.2) is 55.3 Å². The number of alkyl halides is 4. The van der Waals surface area contributed by atoms with Gasteiger partial charge in [-0.15, -0.1) is 0 Å². The fourth-order valence-electron chi connectivity index (χ4n) is 5.92. The molecule has 2 aliphatic heterocycles. The summed E-state index contributed by atoms with van der Waals surface area (Å²) >= 11 is 0. The second-order valence-electron chi connectivity index (χ2n) is 10.2. The Bertz CT molecular complexity index is 1120. The van der Waals surface area contributed by atoms with Crippen LogP contribution in [0.5, 0.6) is 0 Å². The Hall–Kier alpha value is -2.82. The summed E-state index contributed by atoms with van der Waals surface area (Å²) in [5.41, 5.74) is -7.34. The lowest BCUT2D eigenvalue weighted by molar-refractivity contribution is -0.271. The molecule has 1 aromatic rings. The number of nitrogens with one attached hydrogen (secondary N) is 1. The van der Waals surface area contributed by atoms with Gasteiger partial charge >= 0.3 is 6.18 Å². The molecule has 4 rings (SSSR count). The van der Waals surface area contributed by atoms with Gasteiger partial charge in [-0.25, -0.2) is 13.2 Å². The highest BCUT2D eigenvalue weighted by Crippen LogP contribution is 2.52. The third-order valence-electron chi connectivity index (χ3n) is 7.89. The summed E-state index contributed by atoms with van der Waals surface area (Å²) in [5.74, 6) is -4.42. The SMILES string of the molecule is CO[C@@](C(=O)N1CCC2(CC1)CC(=O)NCC2C1=C(F)C(C)(F)CC(F)=C1)(c1ccccc1)C(F)(F)F. The van der Waals surface area contributed by atoms with E-state index in [4.69, 9.17) is 4.74 Å². The van der Waals surface area contributed by atoms with Crippen LogP contribution in [0.25, 0.3) is 0 Å². The van der Waals surface area contributed by atoms with Gasteiger partial charge in [0.2, 0.25) is 5.91 Å². The van der Waals surface area contributed by atoms with Crippen molar-refractivity contribution in [2.45, 2.75) is 50.1 Å². The Morgan fingerprint density at radius 3 is 2.30 bits per heavy atom. The van der Waals surface area contributed by atoms with Crippen LogP contribution in [-0.2, 0) is 19.9 Å². The average Bonchev–Trinajstić information content (AvgIpc) is 2.82. The van der Waals surface area contributed by atoms with Crippen LogP contribution in [0.15, 0.2) is 53.6 Å². The van der Waals surface area contributed by atoms with Gasteiger partial charge in [0.05, 0.1) is 0 Å². The van der Waals surface area contributed by atoms with E-state index >= 15 is 4.39 Å². The molecule has 37 heavy (non-hydrogen) atoms. The Balaban J connectivity index is 1.66. The molecular formula is C26H28F6N2O3. The molecule has 1 aliphatic carbocycles. The minimum absolute atomic E-state index is 0.0402. The predicted molar refractivity (Wildman–Crippen MR) is 122 cm³/mol. The molecule has 202 valence electrons. The fourth-order valence-corrected chi connectivity index (χ4v) is 5.92. The summed E-state index contributed by atoms with van der Waals surface area (Å²) in [6.45, 7) is 0.508. The molecule has 2 saturated heterocycles. The molecule has 5 nitrogen and oxygen atoms in total. The Morgan fingerprint density at radius 2 is 1.73 bits per heavy atom. The lowest BCUT2D eigenvalue weighted by Crippen LogP contribution is -2.60. The van der Waals surface area contributed by atoms with E-state index in [0.717, 1.165) is 37.1 Å². The van der Waals surface area contributed by atoms with E-state index < -0.39 is 52.8 Å². The van der Waals surface area contributed by atoms with Gasteiger partial charge in [-0.2, -0.15) is 13.2 Å². The van der Waals surface area contributed by atoms with Gasteiger partial charge in [-0.3, -0.25) is 9.59 Å². The maximum atomic E-state index is 15.1. The summed E-state index contributed by atoms with van der Waals surface area (Å²) in [6, 6.07) is 6.58. The van der Waals surface area contributed by atoms with Gasteiger partial charge < -0.3 is 15.0 Å². The summed E-state index contributed by atoms with van der Waals surface area (Å²) in [4.78, 5) is 26.8. The van der Waals surface area contributed by atoms with Gasteiger partial charge in [0, 0.05) is 51.1 Å². The largest absolute Gasteiger partial charge is 0.430 e. The fraction of sp³-hybridized carbons (Fsp3) is 0.538. The Kier molecular flexibility index (Phi) is 6.98. The molecule has 2 fully saturated rings. The highest BCUT2D eigenvalue weighted by molar-refractivity contribution is 5.88. The molecule has 0 bridgehead atoms. The molecule has 1 aromatic carbocycles. The van der Waals surface area contributed by atoms with Crippen molar-refractivity contribution in [2.75, 3.05) is 26.7 Å². The van der Waals surface area contributed by atoms with Crippen molar-refractivity contribution >= 4 is 11.8 Å². The van der Waals surface area contributed by atoms with Gasteiger partial charge in [-0.05, 0) is 36.8 Å². The third-order valence-corrected chi connectivity index (χ3v) is 7.89. The van der Waals surface area contributed by atoms with Crippen LogP contribution in [0.1, 0.15) is 38.2 Å². The highest BCUT2D eigenvalue weighted by atomic mass is 19.4. The normalized spacial score (nSPS) is 28.0. The van der Waals surface area contributed by atoms with Crippen LogP contribution >= 0.6 is 0 Å². The van der Waals surface area contributed by atoms with Crippen molar-refractivity contribution in [1.29, 1.82) is 0 Å². The second kappa shape index (κ2) is 9.49. The number of piperidine rings is 2. The first-order valence-corrected chi connectivity index (χ1v) is 12.0. The number of likely N-dealkylation sites (tertiary alicyclic amines) is 1. The lowest BCUT2D eigenvalue weighted by atomic mass is 9.61. The standard InChI is InChI=1S/C26H28F6N2O3/c1-23(29)13-17(27)12-18(21(23)28)19-15-33-20(35)14-24(19)8-10-34(11-9-24)22(36)25(37-2,26(30,31)32)16-6-4-3-5-7-16/h3-7,12,19H,8-11,13-15H2,1-2H3,(H,33,35)/t19?,23?,25-/m1/s1. The Labute approximate surface area is 210 Å². The van der Waals surface area contributed by atoms with Crippen LogP contribution in [0.2, 0.25) is 0 Å². The number of allylic oxidation sites excluding steroid dienone is 3. The van der Waals surface area contributed by atoms with Gasteiger partial charge in [0.15, 0.2) is 5.67 Å². The molecule has 0 radical (unpaired) electrons.